The van der Waals surface area contributed by atoms with Crippen molar-refractivity contribution in [2.24, 2.45) is 4.99 Å². The van der Waals surface area contributed by atoms with Gasteiger partial charge in [0.25, 0.3) is 0 Å². The van der Waals surface area contributed by atoms with Gasteiger partial charge in [0.05, 0.1) is 5.69 Å². The van der Waals surface area contributed by atoms with E-state index in [1.54, 1.807) is 4.90 Å². The van der Waals surface area contributed by atoms with Gasteiger partial charge < -0.3 is 5.32 Å². The van der Waals surface area contributed by atoms with Gasteiger partial charge in [-0.25, -0.2) is 4.79 Å². The molecule has 2 aromatic carbocycles. The molecule has 0 atom stereocenters. The van der Waals surface area contributed by atoms with Gasteiger partial charge >= 0.3 is 6.03 Å². The molecule has 0 radical (unpaired) electrons. The van der Waals surface area contributed by atoms with Gasteiger partial charge in [-0.2, -0.15) is 0 Å². The minimum atomic E-state index is -0.161. The van der Waals surface area contributed by atoms with Crippen LogP contribution in [-0.4, -0.2) is 18.4 Å². The maximum absolute atomic E-state index is 12.9. The van der Waals surface area contributed by atoms with Gasteiger partial charge in [-0.3, -0.25) is 9.89 Å². The first-order valence-corrected chi connectivity index (χ1v) is 8.50. The fourth-order valence-electron chi connectivity index (χ4n) is 2.82. The molecular formula is C20H23N3O. The molecule has 24 heavy (non-hydrogen) atoms. The Morgan fingerprint density at radius 1 is 1.00 bits per heavy atom. The smallest absolute Gasteiger partial charge is 0.307 e. The van der Waals surface area contributed by atoms with Gasteiger partial charge in [0.15, 0.2) is 0 Å². The molecule has 1 aliphatic rings. The zero-order chi connectivity index (χ0) is 16.8. The average Bonchev–Trinajstić information content (AvgIpc) is 2.87. The number of aliphatic imine (C=N–C) groups is 1. The number of carbonyl (C=O) groups is 1. The second kappa shape index (κ2) is 7.77. The maximum atomic E-state index is 12.9. The van der Waals surface area contributed by atoms with Gasteiger partial charge in [0.1, 0.15) is 5.84 Å². The number of hydrogen-bond donors (Lipinski definition) is 1. The molecule has 0 aromatic heterocycles. The van der Waals surface area contributed by atoms with Gasteiger partial charge in [0, 0.05) is 18.7 Å². The molecule has 0 bridgehead atoms. The monoisotopic (exact) mass is 321 g/mol. The van der Waals surface area contributed by atoms with Crippen molar-refractivity contribution < 1.29 is 4.79 Å². The van der Waals surface area contributed by atoms with Crippen molar-refractivity contribution in [1.29, 1.82) is 0 Å². The molecule has 2 aromatic rings. The minimum absolute atomic E-state index is 0.161. The number of benzene rings is 2. The van der Waals surface area contributed by atoms with Crippen molar-refractivity contribution in [2.45, 2.75) is 32.6 Å². The number of amidine groups is 1. The zero-order valence-corrected chi connectivity index (χ0v) is 14.0. The van der Waals surface area contributed by atoms with Crippen LogP contribution in [0, 0.1) is 6.92 Å². The summed E-state index contributed by atoms with van der Waals surface area (Å²) in [6.45, 7) is 2.83. The number of nitrogens with one attached hydrogen (secondary N) is 1. The summed E-state index contributed by atoms with van der Waals surface area (Å²) in [6.07, 6.45) is 4.15. The number of amides is 2. The Hall–Kier alpha value is -2.62. The summed E-state index contributed by atoms with van der Waals surface area (Å²) in [5.41, 5.74) is 2.81. The Balaban J connectivity index is 1.90. The highest BCUT2D eigenvalue weighted by Gasteiger charge is 2.22. The van der Waals surface area contributed by atoms with E-state index >= 15 is 0 Å². The maximum Gasteiger partial charge on any atom is 0.331 e. The lowest BCUT2D eigenvalue weighted by molar-refractivity contribution is 0.259. The second-order valence-corrected chi connectivity index (χ2v) is 6.08. The highest BCUT2D eigenvalue weighted by atomic mass is 16.2. The van der Waals surface area contributed by atoms with Gasteiger partial charge in [-0.15, -0.1) is 0 Å². The van der Waals surface area contributed by atoms with Crippen molar-refractivity contribution in [2.75, 3.05) is 16.8 Å². The Morgan fingerprint density at radius 2 is 1.75 bits per heavy atom. The third kappa shape index (κ3) is 4.02. The average molecular weight is 321 g/mol. The molecule has 4 nitrogen and oxygen atoms in total. The molecule has 3 rings (SSSR count). The molecule has 124 valence electrons. The molecule has 0 saturated carbocycles. The lowest BCUT2D eigenvalue weighted by atomic mass is 10.1. The van der Waals surface area contributed by atoms with E-state index in [2.05, 4.69) is 10.3 Å². The molecule has 1 N–H and O–H groups in total. The summed E-state index contributed by atoms with van der Waals surface area (Å²) in [4.78, 5) is 19.3. The van der Waals surface area contributed by atoms with Gasteiger partial charge in [0.2, 0.25) is 0 Å². The minimum Gasteiger partial charge on any atom is -0.307 e. The largest absolute Gasteiger partial charge is 0.331 e. The third-order valence-electron chi connectivity index (χ3n) is 4.13. The summed E-state index contributed by atoms with van der Waals surface area (Å²) >= 11 is 0. The Labute approximate surface area is 143 Å². The van der Waals surface area contributed by atoms with E-state index in [0.29, 0.717) is 0 Å². The zero-order valence-electron chi connectivity index (χ0n) is 14.0. The van der Waals surface area contributed by atoms with E-state index in [0.717, 1.165) is 49.4 Å². The topological polar surface area (TPSA) is 44.7 Å². The van der Waals surface area contributed by atoms with Crippen LogP contribution in [-0.2, 0) is 0 Å². The number of nitrogens with zero attached hydrogens (tertiary/aromatic N) is 2. The lowest BCUT2D eigenvalue weighted by Gasteiger charge is -2.24. The molecular weight excluding hydrogens is 298 g/mol. The van der Waals surface area contributed by atoms with Gasteiger partial charge in [-0.05, 0) is 44.0 Å². The van der Waals surface area contributed by atoms with Crippen LogP contribution in [0.2, 0.25) is 0 Å². The van der Waals surface area contributed by atoms with Crippen molar-refractivity contribution in [3.8, 4) is 0 Å². The van der Waals surface area contributed by atoms with Crippen LogP contribution in [0.5, 0.6) is 0 Å². The molecule has 1 heterocycles. The molecule has 0 unspecified atom stereocenters. The molecule has 0 aliphatic carbocycles. The number of para-hydroxylation sites is 1. The number of rotatable bonds is 2. The summed E-state index contributed by atoms with van der Waals surface area (Å²) < 4.78 is 0. The van der Waals surface area contributed by atoms with E-state index in [9.17, 15) is 4.79 Å². The van der Waals surface area contributed by atoms with E-state index in [-0.39, 0.29) is 6.03 Å². The number of aryl methyl sites for hydroxylation is 1. The highest BCUT2D eigenvalue weighted by Crippen LogP contribution is 2.21. The number of carbonyl (C=O) groups excluding carboxylic acids is 1. The van der Waals surface area contributed by atoms with Crippen molar-refractivity contribution in [1.82, 2.24) is 0 Å². The second-order valence-electron chi connectivity index (χ2n) is 6.08. The molecule has 0 spiro atoms. The van der Waals surface area contributed by atoms with Crippen molar-refractivity contribution in [3.05, 3.63) is 60.2 Å². The fourth-order valence-corrected chi connectivity index (χ4v) is 2.82. The van der Waals surface area contributed by atoms with Crippen molar-refractivity contribution >= 4 is 23.2 Å². The molecule has 0 fully saturated rings. The third-order valence-corrected chi connectivity index (χ3v) is 4.13. The first-order valence-electron chi connectivity index (χ1n) is 8.50. The molecule has 4 heteroatoms. The predicted octanol–water partition coefficient (Wildman–Crippen LogP) is 5.01. The highest BCUT2D eigenvalue weighted by molar-refractivity contribution is 6.20. The Bertz CT molecular complexity index is 707. The summed E-state index contributed by atoms with van der Waals surface area (Å²) in [7, 11) is 0. The van der Waals surface area contributed by atoms with Crippen LogP contribution in [0.1, 0.15) is 31.2 Å². The van der Waals surface area contributed by atoms with Crippen LogP contribution in [0.4, 0.5) is 16.2 Å². The lowest BCUT2D eigenvalue weighted by Crippen LogP contribution is -2.40. The van der Waals surface area contributed by atoms with Crippen LogP contribution in [0.3, 0.4) is 0 Å². The number of urea groups is 1. The van der Waals surface area contributed by atoms with E-state index in [4.69, 9.17) is 0 Å². The number of anilines is 2. The first kappa shape index (κ1) is 16.2. The summed E-state index contributed by atoms with van der Waals surface area (Å²) in [5.74, 6) is 0.852. The van der Waals surface area contributed by atoms with E-state index < -0.39 is 0 Å². The van der Waals surface area contributed by atoms with E-state index in [1.165, 1.54) is 5.56 Å². The normalized spacial score (nSPS) is 14.5. The van der Waals surface area contributed by atoms with Crippen molar-refractivity contribution in [3.63, 3.8) is 0 Å². The Kier molecular flexibility index (Phi) is 5.26. The predicted molar refractivity (Wildman–Crippen MR) is 99.9 cm³/mol. The molecule has 2 amide bonds. The standard InChI is InChI=1S/C20H23N3O/c1-16-11-13-18(14-12-16)23(19-10-6-3-7-15-21-19)20(24)22-17-8-4-2-5-9-17/h2,4-5,8-9,11-14H,3,6-7,10,15H2,1H3,(H,22,24). The summed E-state index contributed by atoms with van der Waals surface area (Å²) in [6, 6.07) is 17.4. The van der Waals surface area contributed by atoms with Crippen LogP contribution < -0.4 is 10.2 Å². The fraction of sp³-hybridized carbons (Fsp3) is 0.300. The molecule has 1 aliphatic heterocycles. The Morgan fingerprint density at radius 3 is 2.50 bits per heavy atom. The number of hydrogen-bond acceptors (Lipinski definition) is 2. The summed E-state index contributed by atoms with van der Waals surface area (Å²) in [5, 5.41) is 2.98. The first-order chi connectivity index (χ1) is 11.7. The van der Waals surface area contributed by atoms with Crippen LogP contribution in [0.25, 0.3) is 0 Å². The van der Waals surface area contributed by atoms with Crippen LogP contribution in [0.15, 0.2) is 59.6 Å². The van der Waals surface area contributed by atoms with Crippen LogP contribution >= 0.6 is 0 Å². The van der Waals surface area contributed by atoms with E-state index in [1.807, 2.05) is 61.5 Å². The molecule has 0 saturated heterocycles. The quantitative estimate of drug-likeness (QED) is 0.830. The van der Waals surface area contributed by atoms with Gasteiger partial charge in [-0.1, -0.05) is 42.3 Å². The SMILES string of the molecule is Cc1ccc(N(C(=O)Nc2ccccc2)C2=NCCCCC2)cc1.